The quantitative estimate of drug-likeness (QED) is 0.641. The van der Waals surface area contributed by atoms with Crippen molar-refractivity contribution in [2.75, 3.05) is 5.75 Å². The van der Waals surface area contributed by atoms with E-state index < -0.39 is 15.1 Å². The zero-order valence-electron chi connectivity index (χ0n) is 5.56. The number of nitrogens with two attached hydrogens (primary N) is 1. The number of hydrogen-bond acceptors (Lipinski definition) is 4. The first-order chi connectivity index (χ1) is 4.99. The van der Waals surface area contributed by atoms with Crippen LogP contribution in [0.25, 0.3) is 0 Å². The van der Waals surface area contributed by atoms with Gasteiger partial charge in [0, 0.05) is 10.7 Å². The van der Waals surface area contributed by atoms with Crippen LogP contribution in [0.1, 0.15) is 0 Å². The minimum Gasteiger partial charge on any atom is -0.361 e. The molecule has 1 heterocycles. The lowest BCUT2D eigenvalue weighted by Crippen LogP contribution is -2.13. The van der Waals surface area contributed by atoms with E-state index in [1.165, 1.54) is 6.08 Å². The SMILES string of the molecule is NC(=O)S[C@H]1C=CS(=O)(=O)C1. The maximum Gasteiger partial charge on any atom is 0.277 e. The summed E-state index contributed by atoms with van der Waals surface area (Å²) in [5.41, 5.74) is 4.86. The van der Waals surface area contributed by atoms with Crippen molar-refractivity contribution in [2.24, 2.45) is 5.73 Å². The summed E-state index contributed by atoms with van der Waals surface area (Å²) in [4.78, 5) is 10.3. The molecule has 1 aliphatic heterocycles. The lowest BCUT2D eigenvalue weighted by atomic mass is 10.5. The molecule has 0 bridgehead atoms. The number of hydrogen-bond donors (Lipinski definition) is 1. The highest BCUT2D eigenvalue weighted by molar-refractivity contribution is 8.15. The number of carbonyl (C=O) groups excluding carboxylic acids is 1. The van der Waals surface area contributed by atoms with E-state index in [1.54, 1.807) is 0 Å². The Morgan fingerprint density at radius 2 is 2.27 bits per heavy atom. The molecule has 1 rings (SSSR count). The van der Waals surface area contributed by atoms with Crippen molar-refractivity contribution in [1.82, 2.24) is 0 Å². The smallest absolute Gasteiger partial charge is 0.277 e. The van der Waals surface area contributed by atoms with Gasteiger partial charge in [-0.15, -0.1) is 0 Å². The molecule has 1 aliphatic rings. The molecule has 0 aromatic heterocycles. The van der Waals surface area contributed by atoms with Crippen LogP contribution >= 0.6 is 11.8 Å². The highest BCUT2D eigenvalue weighted by Gasteiger charge is 2.23. The fourth-order valence-electron chi connectivity index (χ4n) is 0.770. The number of carbonyl (C=O) groups is 1. The molecule has 0 spiro atoms. The van der Waals surface area contributed by atoms with Gasteiger partial charge in [-0.3, -0.25) is 4.79 Å². The second-order valence-electron chi connectivity index (χ2n) is 2.13. The van der Waals surface area contributed by atoms with Crippen LogP contribution in [0.3, 0.4) is 0 Å². The molecule has 1 amide bonds. The Balaban J connectivity index is 2.58. The lowest BCUT2D eigenvalue weighted by Gasteiger charge is -1.99. The zero-order valence-corrected chi connectivity index (χ0v) is 7.19. The van der Waals surface area contributed by atoms with E-state index in [2.05, 4.69) is 0 Å². The summed E-state index contributed by atoms with van der Waals surface area (Å²) in [7, 11) is -3.05. The zero-order chi connectivity index (χ0) is 8.48. The first-order valence-electron chi connectivity index (χ1n) is 2.87. The topological polar surface area (TPSA) is 77.2 Å². The van der Waals surface area contributed by atoms with E-state index in [0.717, 1.165) is 17.2 Å². The van der Waals surface area contributed by atoms with Crippen molar-refractivity contribution in [1.29, 1.82) is 0 Å². The summed E-state index contributed by atoms with van der Waals surface area (Å²) in [6.45, 7) is 0. The van der Waals surface area contributed by atoms with E-state index in [9.17, 15) is 13.2 Å². The van der Waals surface area contributed by atoms with Gasteiger partial charge in [-0.25, -0.2) is 8.42 Å². The first kappa shape index (κ1) is 8.61. The average molecular weight is 193 g/mol. The third-order valence-corrected chi connectivity index (χ3v) is 3.63. The Bertz CT molecular complexity index is 293. The molecule has 0 aliphatic carbocycles. The number of thioether (sulfide) groups is 1. The van der Waals surface area contributed by atoms with E-state index >= 15 is 0 Å². The van der Waals surface area contributed by atoms with Crippen LogP contribution < -0.4 is 5.73 Å². The molecule has 0 aromatic rings. The molecule has 4 nitrogen and oxygen atoms in total. The Kier molecular flexibility index (Phi) is 2.24. The predicted molar refractivity (Wildman–Crippen MR) is 43.9 cm³/mol. The average Bonchev–Trinajstić information content (AvgIpc) is 2.08. The number of amides is 1. The van der Waals surface area contributed by atoms with Crippen molar-refractivity contribution in [3.8, 4) is 0 Å². The molecule has 2 N–H and O–H groups in total. The fourth-order valence-corrected chi connectivity index (χ4v) is 3.28. The van der Waals surface area contributed by atoms with Gasteiger partial charge in [-0.2, -0.15) is 0 Å². The molecule has 6 heteroatoms. The van der Waals surface area contributed by atoms with E-state index in [0.29, 0.717) is 0 Å². The van der Waals surface area contributed by atoms with Gasteiger partial charge < -0.3 is 5.73 Å². The van der Waals surface area contributed by atoms with Crippen LogP contribution in [0.5, 0.6) is 0 Å². The van der Waals surface area contributed by atoms with Crippen LogP contribution in [0.2, 0.25) is 0 Å². The number of rotatable bonds is 1. The molecule has 0 fully saturated rings. The van der Waals surface area contributed by atoms with Gasteiger partial charge in [0.15, 0.2) is 9.84 Å². The van der Waals surface area contributed by atoms with E-state index in [1.807, 2.05) is 0 Å². The Hall–Kier alpha value is -0.490. The van der Waals surface area contributed by atoms with E-state index in [-0.39, 0.29) is 11.0 Å². The van der Waals surface area contributed by atoms with E-state index in [4.69, 9.17) is 5.73 Å². The van der Waals surface area contributed by atoms with Crippen molar-refractivity contribution >= 4 is 26.8 Å². The molecule has 0 unspecified atom stereocenters. The summed E-state index contributed by atoms with van der Waals surface area (Å²) in [5.74, 6) is -0.0133. The highest BCUT2D eigenvalue weighted by Crippen LogP contribution is 2.20. The molecule has 1 atom stereocenters. The second kappa shape index (κ2) is 2.86. The molecule has 0 radical (unpaired) electrons. The normalized spacial score (nSPS) is 27.1. The van der Waals surface area contributed by atoms with Gasteiger partial charge in [-0.1, -0.05) is 17.8 Å². The van der Waals surface area contributed by atoms with Crippen molar-refractivity contribution in [3.05, 3.63) is 11.5 Å². The molecule has 0 aromatic carbocycles. The molecule has 0 saturated heterocycles. The Morgan fingerprint density at radius 1 is 1.64 bits per heavy atom. The summed E-state index contributed by atoms with van der Waals surface area (Å²) in [6, 6.07) is 0. The minimum atomic E-state index is -3.05. The summed E-state index contributed by atoms with van der Waals surface area (Å²) in [5, 5.41) is 0.280. The maximum absolute atomic E-state index is 10.8. The van der Waals surface area contributed by atoms with Gasteiger partial charge in [0.05, 0.1) is 5.75 Å². The first-order valence-corrected chi connectivity index (χ1v) is 5.46. The van der Waals surface area contributed by atoms with Gasteiger partial charge in [-0.05, 0) is 0 Å². The number of sulfone groups is 1. The summed E-state index contributed by atoms with van der Waals surface area (Å²) < 4.78 is 21.5. The Labute approximate surface area is 68.8 Å². The van der Waals surface area contributed by atoms with Crippen LogP contribution in [-0.2, 0) is 9.84 Å². The molecule has 62 valence electrons. The van der Waals surface area contributed by atoms with Crippen molar-refractivity contribution < 1.29 is 13.2 Å². The molecule has 11 heavy (non-hydrogen) atoms. The van der Waals surface area contributed by atoms with Crippen LogP contribution in [0.15, 0.2) is 11.5 Å². The van der Waals surface area contributed by atoms with Crippen molar-refractivity contribution in [3.63, 3.8) is 0 Å². The third-order valence-electron chi connectivity index (χ3n) is 1.16. The Morgan fingerprint density at radius 3 is 2.64 bits per heavy atom. The largest absolute Gasteiger partial charge is 0.361 e. The van der Waals surface area contributed by atoms with Gasteiger partial charge in [0.25, 0.3) is 5.24 Å². The van der Waals surface area contributed by atoms with Crippen LogP contribution in [-0.4, -0.2) is 24.7 Å². The van der Waals surface area contributed by atoms with Gasteiger partial charge in [0.2, 0.25) is 0 Å². The van der Waals surface area contributed by atoms with Crippen LogP contribution in [0, 0.1) is 0 Å². The maximum atomic E-state index is 10.8. The van der Waals surface area contributed by atoms with Crippen LogP contribution in [0.4, 0.5) is 4.79 Å². The minimum absolute atomic E-state index is 0.0133. The number of primary amides is 1. The van der Waals surface area contributed by atoms with Gasteiger partial charge >= 0.3 is 0 Å². The fraction of sp³-hybridized carbons (Fsp3) is 0.400. The lowest BCUT2D eigenvalue weighted by molar-refractivity contribution is 0.267. The van der Waals surface area contributed by atoms with Gasteiger partial charge in [0.1, 0.15) is 0 Å². The predicted octanol–water partition coefficient (Wildman–Crippen LogP) is 0.109. The monoisotopic (exact) mass is 193 g/mol. The summed E-state index contributed by atoms with van der Waals surface area (Å²) in [6.07, 6.45) is 1.48. The molecule has 0 saturated carbocycles. The second-order valence-corrected chi connectivity index (χ2v) is 5.31. The standard InChI is InChI=1S/C5H7NO3S2/c6-5(7)10-4-1-2-11(8,9)3-4/h1-2,4H,3H2,(H2,6,7)/t4-/m0/s1. The molecular weight excluding hydrogens is 186 g/mol. The molecular formula is C5H7NO3S2. The van der Waals surface area contributed by atoms with Crippen molar-refractivity contribution in [2.45, 2.75) is 5.25 Å². The highest BCUT2D eigenvalue weighted by atomic mass is 32.2. The third kappa shape index (κ3) is 2.55. The summed E-state index contributed by atoms with van der Waals surface area (Å²) >= 11 is 0.837.